The third kappa shape index (κ3) is 2.23. The molecule has 3 fully saturated rings. The first-order valence-electron chi connectivity index (χ1n) is 10.7. The highest BCUT2D eigenvalue weighted by Crippen LogP contribution is 2.61. The Labute approximate surface area is 188 Å². The number of carbonyl (C=O) groups is 3. The highest BCUT2D eigenvalue weighted by Gasteiger charge is 2.74. The number of hydrogen-bond acceptors (Lipinski definition) is 4. The molecule has 7 heteroatoms. The van der Waals surface area contributed by atoms with Crippen LogP contribution in [0.1, 0.15) is 29.5 Å². The van der Waals surface area contributed by atoms with Crippen LogP contribution >= 0.6 is 15.9 Å². The number of imide groups is 1. The van der Waals surface area contributed by atoms with Crippen molar-refractivity contribution in [1.82, 2.24) is 4.90 Å². The van der Waals surface area contributed by atoms with Gasteiger partial charge in [-0.1, -0.05) is 23.8 Å². The third-order valence-electron chi connectivity index (χ3n) is 7.49. The van der Waals surface area contributed by atoms with Gasteiger partial charge in [0.2, 0.25) is 17.7 Å². The second kappa shape index (κ2) is 6.26. The molecule has 0 aliphatic carbocycles. The molecule has 4 aliphatic heterocycles. The normalized spacial score (nSPS) is 31.4. The minimum Gasteiger partial charge on any atom is -0.324 e. The Morgan fingerprint density at radius 2 is 1.77 bits per heavy atom. The van der Waals surface area contributed by atoms with Crippen molar-refractivity contribution in [2.24, 2.45) is 11.8 Å². The summed E-state index contributed by atoms with van der Waals surface area (Å²) in [4.78, 5) is 44.8. The van der Waals surface area contributed by atoms with E-state index in [-0.39, 0.29) is 23.8 Å². The van der Waals surface area contributed by atoms with Crippen LogP contribution in [0, 0.1) is 25.7 Å². The molecule has 0 saturated carbocycles. The Balaban J connectivity index is 1.57. The Morgan fingerprint density at radius 3 is 2.55 bits per heavy atom. The number of nitrogens with zero attached hydrogens (tertiary/aromatic N) is 2. The topological polar surface area (TPSA) is 69.7 Å². The van der Waals surface area contributed by atoms with Gasteiger partial charge in [-0.25, -0.2) is 4.90 Å². The number of amides is 3. The minimum atomic E-state index is -1.12. The summed E-state index contributed by atoms with van der Waals surface area (Å²) in [6, 6.07) is 11.4. The highest BCUT2D eigenvalue weighted by atomic mass is 79.9. The molecule has 0 unspecified atom stereocenters. The molecule has 31 heavy (non-hydrogen) atoms. The van der Waals surface area contributed by atoms with Crippen molar-refractivity contribution < 1.29 is 14.4 Å². The van der Waals surface area contributed by atoms with Crippen molar-refractivity contribution in [3.63, 3.8) is 0 Å². The molecule has 1 spiro atoms. The first-order chi connectivity index (χ1) is 14.9. The zero-order valence-electron chi connectivity index (χ0n) is 17.3. The van der Waals surface area contributed by atoms with Crippen molar-refractivity contribution in [3.8, 4) is 0 Å². The smallest absolute Gasteiger partial charge is 0.250 e. The molecule has 2 aromatic rings. The predicted molar refractivity (Wildman–Crippen MR) is 120 cm³/mol. The first kappa shape index (κ1) is 19.2. The summed E-state index contributed by atoms with van der Waals surface area (Å²) in [6.07, 6.45) is 1.74. The van der Waals surface area contributed by atoms with Crippen molar-refractivity contribution in [2.75, 3.05) is 16.8 Å². The van der Waals surface area contributed by atoms with E-state index in [4.69, 9.17) is 0 Å². The van der Waals surface area contributed by atoms with E-state index in [1.807, 2.05) is 50.2 Å². The maximum Gasteiger partial charge on any atom is 0.250 e. The molecule has 1 N–H and O–H groups in total. The van der Waals surface area contributed by atoms with Crippen LogP contribution in [0.5, 0.6) is 0 Å². The summed E-state index contributed by atoms with van der Waals surface area (Å²) >= 11 is 3.53. The molecular formula is C24H22BrN3O3. The van der Waals surface area contributed by atoms with Crippen LogP contribution in [-0.2, 0) is 19.9 Å². The van der Waals surface area contributed by atoms with Crippen LogP contribution in [0.15, 0.2) is 40.9 Å². The van der Waals surface area contributed by atoms with Crippen molar-refractivity contribution in [3.05, 3.63) is 57.6 Å². The summed E-state index contributed by atoms with van der Waals surface area (Å²) in [7, 11) is 0. The number of hydrogen-bond donors (Lipinski definition) is 1. The van der Waals surface area contributed by atoms with Crippen LogP contribution in [0.3, 0.4) is 0 Å². The van der Waals surface area contributed by atoms with E-state index in [0.29, 0.717) is 16.7 Å². The van der Waals surface area contributed by atoms with Crippen LogP contribution in [0.4, 0.5) is 11.4 Å². The van der Waals surface area contributed by atoms with Crippen LogP contribution in [0.25, 0.3) is 0 Å². The average Bonchev–Trinajstić information content (AvgIpc) is 3.42. The molecule has 2 aromatic carbocycles. The lowest BCUT2D eigenvalue weighted by Crippen LogP contribution is -2.54. The van der Waals surface area contributed by atoms with E-state index in [1.54, 1.807) is 0 Å². The number of benzene rings is 2. The molecule has 6 nitrogen and oxygen atoms in total. The molecule has 3 amide bonds. The molecule has 158 valence electrons. The molecule has 4 atom stereocenters. The molecular weight excluding hydrogens is 458 g/mol. The number of rotatable bonds is 1. The molecule has 4 aliphatic rings. The van der Waals surface area contributed by atoms with E-state index in [2.05, 4.69) is 26.1 Å². The molecule has 0 aromatic heterocycles. The summed E-state index contributed by atoms with van der Waals surface area (Å²) in [5.41, 5.74) is 3.08. The summed E-state index contributed by atoms with van der Waals surface area (Å²) in [5, 5.41) is 3.02. The van der Waals surface area contributed by atoms with Gasteiger partial charge in [0.1, 0.15) is 5.54 Å². The lowest BCUT2D eigenvalue weighted by Gasteiger charge is -2.36. The van der Waals surface area contributed by atoms with E-state index < -0.39 is 17.4 Å². The SMILES string of the molecule is Cc1ccc(N2C(=O)[C@@H]3[C@@H]4CCCN4[C@@]4(C(=O)Nc5ccc(C)cc54)[C@H]3C2=O)c(Br)c1. The number of aryl methyl sites for hydroxylation is 2. The van der Waals surface area contributed by atoms with E-state index in [1.165, 1.54) is 4.90 Å². The van der Waals surface area contributed by atoms with Gasteiger partial charge in [0.25, 0.3) is 0 Å². The number of nitrogens with one attached hydrogen (secondary N) is 1. The van der Waals surface area contributed by atoms with E-state index in [9.17, 15) is 14.4 Å². The second-order valence-corrected chi connectivity index (χ2v) is 10.00. The number of carbonyl (C=O) groups excluding carboxylic acids is 3. The second-order valence-electron chi connectivity index (χ2n) is 9.14. The Morgan fingerprint density at radius 1 is 1.03 bits per heavy atom. The summed E-state index contributed by atoms with van der Waals surface area (Å²) < 4.78 is 0.707. The number of halogens is 1. The molecule has 0 bridgehead atoms. The van der Waals surface area contributed by atoms with Gasteiger partial charge in [-0.15, -0.1) is 0 Å². The summed E-state index contributed by atoms with van der Waals surface area (Å²) in [5.74, 6) is -1.89. The lowest BCUT2D eigenvalue weighted by atomic mass is 9.75. The monoisotopic (exact) mass is 479 g/mol. The van der Waals surface area contributed by atoms with Gasteiger partial charge in [-0.2, -0.15) is 0 Å². The Bertz CT molecular complexity index is 1190. The van der Waals surface area contributed by atoms with Crippen molar-refractivity contribution >= 4 is 45.0 Å². The molecule has 6 rings (SSSR count). The van der Waals surface area contributed by atoms with Gasteiger partial charge >= 0.3 is 0 Å². The summed E-state index contributed by atoms with van der Waals surface area (Å²) in [6.45, 7) is 4.67. The van der Waals surface area contributed by atoms with Gasteiger partial charge in [0.15, 0.2) is 0 Å². The third-order valence-corrected chi connectivity index (χ3v) is 8.13. The molecule has 4 heterocycles. The van der Waals surface area contributed by atoms with Crippen molar-refractivity contribution in [2.45, 2.75) is 38.3 Å². The first-order valence-corrected chi connectivity index (χ1v) is 11.5. The fourth-order valence-electron chi connectivity index (χ4n) is 6.35. The van der Waals surface area contributed by atoms with Crippen LogP contribution in [0.2, 0.25) is 0 Å². The Hall–Kier alpha value is -2.51. The van der Waals surface area contributed by atoms with Gasteiger partial charge in [0, 0.05) is 21.8 Å². The predicted octanol–water partition coefficient (Wildman–Crippen LogP) is 3.50. The molecule has 3 saturated heterocycles. The maximum atomic E-state index is 13.9. The van der Waals surface area contributed by atoms with E-state index in [0.717, 1.165) is 35.2 Å². The lowest BCUT2D eigenvalue weighted by molar-refractivity contribution is -0.135. The van der Waals surface area contributed by atoms with Crippen LogP contribution in [-0.4, -0.2) is 35.2 Å². The van der Waals surface area contributed by atoms with Crippen molar-refractivity contribution in [1.29, 1.82) is 0 Å². The van der Waals surface area contributed by atoms with Crippen LogP contribution < -0.4 is 10.2 Å². The molecule has 0 radical (unpaired) electrons. The number of anilines is 2. The van der Waals surface area contributed by atoms with E-state index >= 15 is 0 Å². The fourth-order valence-corrected chi connectivity index (χ4v) is 7.02. The fraction of sp³-hybridized carbons (Fsp3) is 0.375. The minimum absolute atomic E-state index is 0.104. The maximum absolute atomic E-state index is 13.9. The standard InChI is InChI=1S/C24H22BrN3O3/c1-12-5-7-16-14(10-12)24(23(31)26-16)20-19(18-4-3-9-27(18)24)21(29)28(22(20)30)17-8-6-13(2)11-15(17)25/h5-8,10-11,18-20H,3-4,9H2,1-2H3,(H,26,31)/t18-,19+,20+,24+/m0/s1. The van der Waals surface area contributed by atoms with Gasteiger partial charge in [-0.3, -0.25) is 19.3 Å². The zero-order chi connectivity index (χ0) is 21.7. The Kier molecular flexibility index (Phi) is 3.88. The zero-order valence-corrected chi connectivity index (χ0v) is 18.9. The average molecular weight is 480 g/mol. The number of fused-ring (bicyclic) bond motifs is 7. The highest BCUT2D eigenvalue weighted by molar-refractivity contribution is 9.10. The largest absolute Gasteiger partial charge is 0.324 e. The van der Waals surface area contributed by atoms with Gasteiger partial charge in [0.05, 0.1) is 17.5 Å². The quantitative estimate of drug-likeness (QED) is 0.635. The van der Waals surface area contributed by atoms with Gasteiger partial charge in [-0.05, 0) is 72.9 Å². The van der Waals surface area contributed by atoms with Gasteiger partial charge < -0.3 is 5.32 Å².